The molecule has 1 saturated carbocycles. The summed E-state index contributed by atoms with van der Waals surface area (Å²) in [5.74, 6) is 3.68. The summed E-state index contributed by atoms with van der Waals surface area (Å²) in [4.78, 5) is 20.1. The van der Waals surface area contributed by atoms with Gasteiger partial charge in [0.25, 0.3) is 0 Å². The maximum Gasteiger partial charge on any atom is 0.224 e. The smallest absolute Gasteiger partial charge is 0.224 e. The van der Waals surface area contributed by atoms with Crippen molar-refractivity contribution < 1.29 is 0 Å². The van der Waals surface area contributed by atoms with Gasteiger partial charge in [0.2, 0.25) is 11.9 Å². The van der Waals surface area contributed by atoms with Crippen molar-refractivity contribution >= 4 is 23.5 Å². The number of aromatic nitrogens is 4. The molecule has 1 fully saturated rings. The number of hydrogen-bond donors (Lipinski definition) is 4. The van der Waals surface area contributed by atoms with Gasteiger partial charge in [-0.25, -0.2) is 9.97 Å². The first-order valence-corrected chi connectivity index (χ1v) is 16.5. The fourth-order valence-electron chi connectivity index (χ4n) is 6.26. The van der Waals surface area contributed by atoms with Crippen LogP contribution in [-0.4, -0.2) is 46.1 Å². The molecular weight excluding hydrogens is 544 g/mol. The predicted molar refractivity (Wildman–Crippen MR) is 183 cm³/mol. The summed E-state index contributed by atoms with van der Waals surface area (Å²) < 4.78 is 0. The Morgan fingerprint density at radius 1 is 0.455 bits per heavy atom. The Balaban J connectivity index is 1.69. The molecule has 1 aliphatic carbocycles. The molecule has 0 radical (unpaired) electrons. The van der Waals surface area contributed by atoms with Crippen LogP contribution in [0.4, 0.5) is 23.5 Å². The van der Waals surface area contributed by atoms with Crippen LogP contribution in [-0.2, 0) is 0 Å². The van der Waals surface area contributed by atoms with Gasteiger partial charge in [-0.05, 0) is 36.8 Å². The van der Waals surface area contributed by atoms with E-state index in [0.717, 1.165) is 74.9 Å². The van der Waals surface area contributed by atoms with Crippen LogP contribution in [0.1, 0.15) is 99.6 Å². The summed E-state index contributed by atoms with van der Waals surface area (Å²) >= 11 is 0. The molecule has 232 valence electrons. The molecule has 5 rings (SSSR count). The van der Waals surface area contributed by atoms with Gasteiger partial charge in [0.05, 0.1) is 11.4 Å². The first-order valence-electron chi connectivity index (χ1n) is 16.5. The molecule has 2 aromatic carbocycles. The lowest BCUT2D eigenvalue weighted by Crippen LogP contribution is -2.41. The van der Waals surface area contributed by atoms with Crippen molar-refractivity contribution in [3.63, 3.8) is 0 Å². The zero-order valence-corrected chi connectivity index (χ0v) is 26.7. The minimum absolute atomic E-state index is 0.0860. The SMILES string of the molecule is CCCNc1cc([C@@H]2[C@@H](c3ccccc3)[C@@H](c3ccccc3)[C@@H]2c2cc(NCCC)nc(NCCC)n2)nc(NCCC)n1. The maximum absolute atomic E-state index is 5.19. The summed E-state index contributed by atoms with van der Waals surface area (Å²) in [5, 5.41) is 14.0. The average Bonchev–Trinajstić information content (AvgIpc) is 3.05. The van der Waals surface area contributed by atoms with Crippen LogP contribution in [0.15, 0.2) is 72.8 Å². The number of anilines is 4. The van der Waals surface area contributed by atoms with Crippen LogP contribution in [0, 0.1) is 0 Å². The van der Waals surface area contributed by atoms with Crippen molar-refractivity contribution in [1.82, 2.24) is 19.9 Å². The van der Waals surface area contributed by atoms with Crippen molar-refractivity contribution in [3.05, 3.63) is 95.3 Å². The summed E-state index contributed by atoms with van der Waals surface area (Å²) in [6.45, 7) is 12.0. The van der Waals surface area contributed by atoms with Crippen LogP contribution >= 0.6 is 0 Å². The normalized spacial score (nSPS) is 19.2. The third kappa shape index (κ3) is 7.29. The molecule has 44 heavy (non-hydrogen) atoms. The first-order chi connectivity index (χ1) is 21.7. The van der Waals surface area contributed by atoms with Gasteiger partial charge < -0.3 is 21.3 Å². The Morgan fingerprint density at radius 2 is 0.818 bits per heavy atom. The summed E-state index contributed by atoms with van der Waals surface area (Å²) in [6, 6.07) is 26.2. The lowest BCUT2D eigenvalue weighted by Gasteiger charge is -2.52. The standard InChI is InChI=1S/C36H48N8/c1-5-19-37-29-23-27(41-35(43-29)39-21-7-3)33-31(25-15-11-9-12-16-25)32(26-17-13-10-14-18-26)34(33)28-24-30(38-20-6-2)44-36(42-28)40-22-8-4/h9-18,23-24,31-34H,5-8,19-22H2,1-4H3,(H2,37,39,41,43)(H2,38,40,42,44)/t31-,32+,33+,34-. The van der Waals surface area contributed by atoms with Crippen LogP contribution in [0.5, 0.6) is 0 Å². The van der Waals surface area contributed by atoms with Gasteiger partial charge in [-0.15, -0.1) is 0 Å². The Bertz CT molecular complexity index is 1280. The van der Waals surface area contributed by atoms with Gasteiger partial charge in [0.15, 0.2) is 0 Å². The number of hydrogen-bond acceptors (Lipinski definition) is 8. The van der Waals surface area contributed by atoms with E-state index in [2.05, 4.69) is 122 Å². The number of rotatable bonds is 16. The Labute approximate surface area is 263 Å². The molecule has 0 amide bonds. The summed E-state index contributed by atoms with van der Waals surface area (Å²) in [5.41, 5.74) is 4.70. The highest BCUT2D eigenvalue weighted by molar-refractivity contribution is 5.52. The van der Waals surface area contributed by atoms with Crippen molar-refractivity contribution in [2.24, 2.45) is 0 Å². The Kier molecular flexibility index (Phi) is 11.0. The molecule has 8 heteroatoms. The molecule has 0 saturated heterocycles. The number of benzene rings is 2. The van der Waals surface area contributed by atoms with Crippen molar-refractivity contribution in [2.45, 2.75) is 77.0 Å². The monoisotopic (exact) mass is 592 g/mol. The third-order valence-electron chi connectivity index (χ3n) is 8.27. The second-order valence-electron chi connectivity index (χ2n) is 11.6. The first kappa shape index (κ1) is 31.2. The average molecular weight is 593 g/mol. The van der Waals surface area contributed by atoms with Crippen LogP contribution in [0.25, 0.3) is 0 Å². The highest BCUT2D eigenvalue weighted by Gasteiger charge is 2.54. The molecule has 2 heterocycles. The Morgan fingerprint density at radius 3 is 1.18 bits per heavy atom. The largest absolute Gasteiger partial charge is 0.370 e. The van der Waals surface area contributed by atoms with Crippen molar-refractivity contribution in [2.75, 3.05) is 47.4 Å². The van der Waals surface area contributed by atoms with Crippen LogP contribution in [0.2, 0.25) is 0 Å². The quantitative estimate of drug-likeness (QED) is 0.104. The molecule has 4 atom stereocenters. The van der Waals surface area contributed by atoms with E-state index >= 15 is 0 Å². The highest BCUT2D eigenvalue weighted by Crippen LogP contribution is 2.66. The summed E-state index contributed by atoms with van der Waals surface area (Å²) in [6.07, 6.45) is 4.05. The van der Waals surface area contributed by atoms with Gasteiger partial charge in [-0.3, -0.25) is 0 Å². The van der Waals surface area contributed by atoms with Gasteiger partial charge in [0, 0.05) is 62.0 Å². The molecule has 4 aromatic rings. The van der Waals surface area contributed by atoms with Crippen LogP contribution in [0.3, 0.4) is 0 Å². The second kappa shape index (κ2) is 15.5. The van der Waals surface area contributed by atoms with E-state index in [9.17, 15) is 0 Å². The lowest BCUT2D eigenvalue weighted by molar-refractivity contribution is 0.220. The zero-order chi connectivity index (χ0) is 30.7. The fourth-order valence-corrected chi connectivity index (χ4v) is 6.26. The molecule has 1 aliphatic rings. The van der Waals surface area contributed by atoms with E-state index in [1.165, 1.54) is 11.1 Å². The minimum atomic E-state index is 0.0860. The predicted octanol–water partition coefficient (Wildman–Crippen LogP) is 8.00. The van der Waals surface area contributed by atoms with Gasteiger partial charge in [0.1, 0.15) is 11.6 Å². The third-order valence-corrected chi connectivity index (χ3v) is 8.27. The zero-order valence-electron chi connectivity index (χ0n) is 26.7. The molecule has 2 aromatic heterocycles. The molecule has 0 spiro atoms. The van der Waals surface area contributed by atoms with E-state index in [4.69, 9.17) is 19.9 Å². The van der Waals surface area contributed by atoms with Crippen molar-refractivity contribution in [3.8, 4) is 0 Å². The summed E-state index contributed by atoms with van der Waals surface area (Å²) in [7, 11) is 0. The molecule has 8 nitrogen and oxygen atoms in total. The molecule has 0 unspecified atom stereocenters. The van der Waals surface area contributed by atoms with Crippen LogP contribution < -0.4 is 21.3 Å². The number of nitrogens with one attached hydrogen (secondary N) is 4. The van der Waals surface area contributed by atoms with E-state index in [-0.39, 0.29) is 23.7 Å². The molecule has 4 N–H and O–H groups in total. The molecular formula is C36H48N8. The fraction of sp³-hybridized carbons (Fsp3) is 0.444. The van der Waals surface area contributed by atoms with E-state index in [1.54, 1.807) is 0 Å². The second-order valence-corrected chi connectivity index (χ2v) is 11.6. The van der Waals surface area contributed by atoms with E-state index in [0.29, 0.717) is 11.9 Å². The van der Waals surface area contributed by atoms with E-state index < -0.39 is 0 Å². The van der Waals surface area contributed by atoms with Gasteiger partial charge in [-0.2, -0.15) is 9.97 Å². The topological polar surface area (TPSA) is 99.7 Å². The lowest BCUT2D eigenvalue weighted by atomic mass is 9.50. The number of nitrogens with zero attached hydrogens (tertiary/aromatic N) is 4. The highest BCUT2D eigenvalue weighted by atomic mass is 15.2. The van der Waals surface area contributed by atoms with Crippen molar-refractivity contribution in [1.29, 1.82) is 0 Å². The van der Waals surface area contributed by atoms with E-state index in [1.807, 2.05) is 0 Å². The Hall–Kier alpha value is -4.20. The van der Waals surface area contributed by atoms with Gasteiger partial charge in [-0.1, -0.05) is 88.4 Å². The molecule has 0 aliphatic heterocycles. The minimum Gasteiger partial charge on any atom is -0.370 e. The molecule has 0 bridgehead atoms. The van der Waals surface area contributed by atoms with Gasteiger partial charge >= 0.3 is 0 Å². The maximum atomic E-state index is 5.19.